The monoisotopic (exact) mass is 172 g/mol. The van der Waals surface area contributed by atoms with Crippen LogP contribution in [0.25, 0.3) is 0 Å². The summed E-state index contributed by atoms with van der Waals surface area (Å²) in [5.74, 6) is 0.812. The maximum Gasteiger partial charge on any atom is 0.0833 e. The SMILES string of the molecule is CC[N+](CC)(CC(C)C)C(C)C. The fraction of sp³-hybridized carbons (Fsp3) is 1.00. The summed E-state index contributed by atoms with van der Waals surface area (Å²) in [4.78, 5) is 0. The van der Waals surface area contributed by atoms with Gasteiger partial charge in [0.05, 0.1) is 25.7 Å². The first-order chi connectivity index (χ1) is 5.48. The molecule has 0 fully saturated rings. The maximum atomic E-state index is 2.34. The highest BCUT2D eigenvalue weighted by molar-refractivity contribution is 4.50. The Hall–Kier alpha value is -0.0400. The van der Waals surface area contributed by atoms with E-state index in [1.165, 1.54) is 24.1 Å². The van der Waals surface area contributed by atoms with Gasteiger partial charge >= 0.3 is 0 Å². The molecule has 0 unspecified atom stereocenters. The van der Waals surface area contributed by atoms with Crippen molar-refractivity contribution in [3.63, 3.8) is 0 Å². The second-order valence-electron chi connectivity index (χ2n) is 4.52. The van der Waals surface area contributed by atoms with Gasteiger partial charge in [-0.15, -0.1) is 0 Å². The molecule has 74 valence electrons. The highest BCUT2D eigenvalue weighted by atomic mass is 15.4. The molecule has 1 heteroatoms. The van der Waals surface area contributed by atoms with Crippen LogP contribution >= 0.6 is 0 Å². The smallest absolute Gasteiger partial charge is 0.0833 e. The molecule has 0 aliphatic carbocycles. The Bertz CT molecular complexity index is 112. The van der Waals surface area contributed by atoms with Crippen molar-refractivity contribution in [3.8, 4) is 0 Å². The van der Waals surface area contributed by atoms with E-state index >= 15 is 0 Å². The Morgan fingerprint density at radius 1 is 0.917 bits per heavy atom. The molecule has 0 bridgehead atoms. The predicted molar refractivity (Wildman–Crippen MR) is 56.2 cm³/mol. The van der Waals surface area contributed by atoms with E-state index < -0.39 is 0 Å². The largest absolute Gasteiger partial charge is 0.322 e. The molecule has 0 aliphatic heterocycles. The quantitative estimate of drug-likeness (QED) is 0.559. The Balaban J connectivity index is 4.35. The van der Waals surface area contributed by atoms with Crippen molar-refractivity contribution >= 4 is 0 Å². The fourth-order valence-electron chi connectivity index (χ4n) is 2.15. The molecule has 1 nitrogen and oxygen atoms in total. The molecule has 0 aromatic heterocycles. The number of nitrogens with zero attached hydrogens (tertiary/aromatic N) is 1. The van der Waals surface area contributed by atoms with Gasteiger partial charge in [0.1, 0.15) is 0 Å². The standard InChI is InChI=1S/C11H26N/c1-7-12(8-2,11(5)6)9-10(3)4/h10-11H,7-9H2,1-6H3/q+1. The van der Waals surface area contributed by atoms with Gasteiger partial charge in [-0.25, -0.2) is 0 Å². The molecular formula is C11H26N+. The van der Waals surface area contributed by atoms with Crippen molar-refractivity contribution < 1.29 is 4.48 Å². The van der Waals surface area contributed by atoms with Gasteiger partial charge in [0.25, 0.3) is 0 Å². The third-order valence-corrected chi connectivity index (χ3v) is 3.08. The molecule has 0 atom stereocenters. The molecule has 0 spiro atoms. The minimum absolute atomic E-state index is 0.766. The van der Waals surface area contributed by atoms with E-state index in [0.717, 1.165) is 12.0 Å². The lowest BCUT2D eigenvalue weighted by Crippen LogP contribution is -2.54. The number of rotatable bonds is 5. The van der Waals surface area contributed by atoms with E-state index in [2.05, 4.69) is 41.5 Å². The highest BCUT2D eigenvalue weighted by Gasteiger charge is 2.27. The van der Waals surface area contributed by atoms with Crippen LogP contribution in [0.15, 0.2) is 0 Å². The van der Waals surface area contributed by atoms with E-state index in [-0.39, 0.29) is 0 Å². The van der Waals surface area contributed by atoms with Gasteiger partial charge in [0.2, 0.25) is 0 Å². The normalized spacial score (nSPS) is 13.0. The molecule has 0 aromatic rings. The third kappa shape index (κ3) is 2.78. The molecule has 0 aromatic carbocycles. The first-order valence-electron chi connectivity index (χ1n) is 5.34. The van der Waals surface area contributed by atoms with Gasteiger partial charge in [0, 0.05) is 5.92 Å². The Kier molecular flexibility index (Phi) is 4.84. The lowest BCUT2D eigenvalue weighted by Gasteiger charge is -2.42. The molecule has 0 saturated carbocycles. The summed E-state index contributed by atoms with van der Waals surface area (Å²) in [6.07, 6.45) is 0. The van der Waals surface area contributed by atoms with Gasteiger partial charge in [-0.2, -0.15) is 0 Å². The second-order valence-corrected chi connectivity index (χ2v) is 4.52. The summed E-state index contributed by atoms with van der Waals surface area (Å²) in [5.41, 5.74) is 0. The predicted octanol–water partition coefficient (Wildman–Crippen LogP) is 2.91. The molecule has 0 heterocycles. The summed E-state index contributed by atoms with van der Waals surface area (Å²) in [7, 11) is 0. The molecule has 0 rings (SSSR count). The fourth-order valence-corrected chi connectivity index (χ4v) is 2.15. The van der Waals surface area contributed by atoms with Crippen LogP contribution in [0, 0.1) is 5.92 Å². The first kappa shape index (κ1) is 12.0. The number of hydrogen-bond acceptors (Lipinski definition) is 0. The maximum absolute atomic E-state index is 2.34. The van der Waals surface area contributed by atoms with Gasteiger partial charge in [-0.05, 0) is 27.7 Å². The van der Waals surface area contributed by atoms with Gasteiger partial charge in [0.15, 0.2) is 0 Å². The lowest BCUT2D eigenvalue weighted by atomic mass is 10.1. The summed E-state index contributed by atoms with van der Waals surface area (Å²) < 4.78 is 1.28. The summed E-state index contributed by atoms with van der Waals surface area (Å²) in [5, 5.41) is 0. The Morgan fingerprint density at radius 3 is 1.42 bits per heavy atom. The van der Waals surface area contributed by atoms with Crippen molar-refractivity contribution in [2.24, 2.45) is 5.92 Å². The topological polar surface area (TPSA) is 0 Å². The molecular weight excluding hydrogens is 146 g/mol. The molecule has 12 heavy (non-hydrogen) atoms. The number of hydrogen-bond donors (Lipinski definition) is 0. The van der Waals surface area contributed by atoms with Crippen LogP contribution in [-0.2, 0) is 0 Å². The van der Waals surface area contributed by atoms with Crippen LogP contribution < -0.4 is 0 Å². The van der Waals surface area contributed by atoms with Crippen molar-refractivity contribution in [2.45, 2.75) is 47.6 Å². The zero-order valence-electron chi connectivity index (χ0n) is 9.72. The average Bonchev–Trinajstić information content (AvgIpc) is 1.99. The van der Waals surface area contributed by atoms with Crippen LogP contribution in [0.2, 0.25) is 0 Å². The zero-order chi connectivity index (χ0) is 9.78. The van der Waals surface area contributed by atoms with E-state index in [1.807, 2.05) is 0 Å². The van der Waals surface area contributed by atoms with Gasteiger partial charge in [-0.3, -0.25) is 0 Å². The lowest BCUT2D eigenvalue weighted by molar-refractivity contribution is -0.947. The van der Waals surface area contributed by atoms with Crippen molar-refractivity contribution in [2.75, 3.05) is 19.6 Å². The molecule has 0 radical (unpaired) electrons. The second kappa shape index (κ2) is 4.86. The third-order valence-electron chi connectivity index (χ3n) is 3.08. The van der Waals surface area contributed by atoms with E-state index in [4.69, 9.17) is 0 Å². The molecule has 0 saturated heterocycles. The summed E-state index contributed by atoms with van der Waals surface area (Å²) in [6, 6.07) is 0.766. The summed E-state index contributed by atoms with van der Waals surface area (Å²) in [6.45, 7) is 17.8. The Labute approximate surface area is 78.4 Å². The zero-order valence-corrected chi connectivity index (χ0v) is 9.72. The summed E-state index contributed by atoms with van der Waals surface area (Å²) >= 11 is 0. The minimum Gasteiger partial charge on any atom is -0.322 e. The van der Waals surface area contributed by atoms with Crippen molar-refractivity contribution in [1.82, 2.24) is 0 Å². The number of quaternary nitrogens is 1. The molecule has 0 amide bonds. The van der Waals surface area contributed by atoms with Crippen LogP contribution in [0.1, 0.15) is 41.5 Å². The van der Waals surface area contributed by atoms with Crippen LogP contribution in [0.4, 0.5) is 0 Å². The van der Waals surface area contributed by atoms with E-state index in [0.29, 0.717) is 0 Å². The van der Waals surface area contributed by atoms with Crippen LogP contribution in [0.5, 0.6) is 0 Å². The minimum atomic E-state index is 0.766. The first-order valence-corrected chi connectivity index (χ1v) is 5.34. The van der Waals surface area contributed by atoms with E-state index in [1.54, 1.807) is 0 Å². The average molecular weight is 172 g/mol. The van der Waals surface area contributed by atoms with Gasteiger partial charge < -0.3 is 4.48 Å². The van der Waals surface area contributed by atoms with Crippen molar-refractivity contribution in [1.29, 1.82) is 0 Å². The Morgan fingerprint density at radius 2 is 1.33 bits per heavy atom. The molecule has 0 N–H and O–H groups in total. The van der Waals surface area contributed by atoms with Gasteiger partial charge in [-0.1, -0.05) is 13.8 Å². The van der Waals surface area contributed by atoms with Crippen LogP contribution in [0.3, 0.4) is 0 Å². The van der Waals surface area contributed by atoms with Crippen LogP contribution in [-0.4, -0.2) is 30.2 Å². The van der Waals surface area contributed by atoms with Crippen molar-refractivity contribution in [3.05, 3.63) is 0 Å². The highest BCUT2D eigenvalue weighted by Crippen LogP contribution is 2.16. The van der Waals surface area contributed by atoms with E-state index in [9.17, 15) is 0 Å². The molecule has 0 aliphatic rings.